The average molecular weight is 234 g/mol. The van der Waals surface area contributed by atoms with Gasteiger partial charge < -0.3 is 10.2 Å². The van der Waals surface area contributed by atoms with Gasteiger partial charge in [-0.15, -0.1) is 0 Å². The van der Waals surface area contributed by atoms with Gasteiger partial charge in [0, 0.05) is 18.8 Å². The average Bonchev–Trinajstić information content (AvgIpc) is 2.25. The summed E-state index contributed by atoms with van der Waals surface area (Å²) in [6.07, 6.45) is 0. The van der Waals surface area contributed by atoms with Crippen LogP contribution in [0.2, 0.25) is 0 Å². The van der Waals surface area contributed by atoms with Gasteiger partial charge in [0.15, 0.2) is 0 Å². The largest absolute Gasteiger partial charge is 0.325 e. The number of aryl methyl sites for hydroxylation is 3. The molecule has 0 bridgehead atoms. The quantitative estimate of drug-likeness (QED) is 0.853. The normalized spacial score (nSPS) is 10.2. The molecule has 0 spiro atoms. The van der Waals surface area contributed by atoms with E-state index in [9.17, 15) is 4.79 Å². The van der Waals surface area contributed by atoms with Crippen LogP contribution in [-0.4, -0.2) is 24.0 Å². The Labute approximate surface area is 104 Å². The fourth-order valence-electron chi connectivity index (χ4n) is 2.07. The molecule has 0 aliphatic rings. The molecule has 0 saturated heterocycles. The fourth-order valence-corrected chi connectivity index (χ4v) is 2.07. The Bertz CT molecular complexity index is 386. The van der Waals surface area contributed by atoms with Crippen molar-refractivity contribution in [2.24, 2.45) is 0 Å². The van der Waals surface area contributed by atoms with E-state index in [0.717, 1.165) is 29.9 Å². The molecule has 94 valence electrons. The zero-order valence-corrected chi connectivity index (χ0v) is 11.4. The van der Waals surface area contributed by atoms with E-state index in [1.807, 2.05) is 27.7 Å². The van der Waals surface area contributed by atoms with Gasteiger partial charge in [0.2, 0.25) is 0 Å². The molecule has 0 aromatic heterocycles. The zero-order valence-electron chi connectivity index (χ0n) is 11.4. The molecule has 17 heavy (non-hydrogen) atoms. The number of nitrogens with one attached hydrogen (secondary N) is 1. The van der Waals surface area contributed by atoms with E-state index in [0.29, 0.717) is 0 Å². The Balaban J connectivity index is 2.92. The van der Waals surface area contributed by atoms with Gasteiger partial charge in [-0.2, -0.15) is 0 Å². The van der Waals surface area contributed by atoms with E-state index in [1.54, 1.807) is 4.90 Å². The zero-order chi connectivity index (χ0) is 13.0. The summed E-state index contributed by atoms with van der Waals surface area (Å²) in [5.74, 6) is 0. The molecular formula is C14H22N2O. The summed E-state index contributed by atoms with van der Waals surface area (Å²) in [6.45, 7) is 11.5. The van der Waals surface area contributed by atoms with Crippen LogP contribution in [0.3, 0.4) is 0 Å². The van der Waals surface area contributed by atoms with Crippen molar-refractivity contribution < 1.29 is 4.79 Å². The number of carbonyl (C=O) groups is 1. The van der Waals surface area contributed by atoms with Crippen LogP contribution in [0, 0.1) is 20.8 Å². The van der Waals surface area contributed by atoms with Crippen molar-refractivity contribution in [3.8, 4) is 0 Å². The van der Waals surface area contributed by atoms with E-state index in [2.05, 4.69) is 24.4 Å². The molecule has 1 N–H and O–H groups in total. The van der Waals surface area contributed by atoms with Crippen molar-refractivity contribution >= 4 is 11.7 Å². The maximum Gasteiger partial charge on any atom is 0.321 e. The lowest BCUT2D eigenvalue weighted by molar-refractivity contribution is 0.217. The van der Waals surface area contributed by atoms with Crippen LogP contribution in [0.1, 0.15) is 30.5 Å². The Morgan fingerprint density at radius 3 is 2.00 bits per heavy atom. The SMILES string of the molecule is CCN(CC)C(=O)Nc1c(C)cc(C)cc1C. The lowest BCUT2D eigenvalue weighted by atomic mass is 10.1. The Hall–Kier alpha value is -1.51. The van der Waals surface area contributed by atoms with Gasteiger partial charge in [-0.05, 0) is 45.7 Å². The van der Waals surface area contributed by atoms with E-state index in [4.69, 9.17) is 0 Å². The van der Waals surface area contributed by atoms with Crippen molar-refractivity contribution in [1.82, 2.24) is 4.90 Å². The first-order chi connectivity index (χ1) is 7.99. The molecule has 3 heteroatoms. The maximum atomic E-state index is 12.0. The van der Waals surface area contributed by atoms with Gasteiger partial charge >= 0.3 is 6.03 Å². The van der Waals surface area contributed by atoms with Gasteiger partial charge in [-0.1, -0.05) is 17.7 Å². The second-order valence-corrected chi connectivity index (χ2v) is 4.38. The minimum Gasteiger partial charge on any atom is -0.325 e. The van der Waals surface area contributed by atoms with Crippen molar-refractivity contribution in [3.63, 3.8) is 0 Å². The Morgan fingerprint density at radius 2 is 1.59 bits per heavy atom. The monoisotopic (exact) mass is 234 g/mol. The number of amides is 2. The molecule has 0 fully saturated rings. The molecule has 1 aromatic rings. The van der Waals surface area contributed by atoms with Gasteiger partial charge in [0.25, 0.3) is 0 Å². The third-order valence-corrected chi connectivity index (χ3v) is 2.96. The number of rotatable bonds is 3. The second-order valence-electron chi connectivity index (χ2n) is 4.38. The minimum atomic E-state index is -0.0231. The van der Waals surface area contributed by atoms with Gasteiger partial charge in [0.1, 0.15) is 0 Å². The van der Waals surface area contributed by atoms with Crippen LogP contribution in [0.4, 0.5) is 10.5 Å². The summed E-state index contributed by atoms with van der Waals surface area (Å²) in [5, 5.41) is 2.99. The van der Waals surface area contributed by atoms with Gasteiger partial charge in [-0.3, -0.25) is 0 Å². The van der Waals surface area contributed by atoms with Crippen molar-refractivity contribution in [1.29, 1.82) is 0 Å². The van der Waals surface area contributed by atoms with Crippen molar-refractivity contribution in [2.75, 3.05) is 18.4 Å². The number of urea groups is 1. The lowest BCUT2D eigenvalue weighted by Crippen LogP contribution is -2.34. The molecule has 0 unspecified atom stereocenters. The van der Waals surface area contributed by atoms with Gasteiger partial charge in [0.05, 0.1) is 0 Å². The topological polar surface area (TPSA) is 32.3 Å². The number of nitrogens with zero attached hydrogens (tertiary/aromatic N) is 1. The van der Waals surface area contributed by atoms with Crippen molar-refractivity contribution in [2.45, 2.75) is 34.6 Å². The third kappa shape index (κ3) is 3.22. The number of hydrogen-bond donors (Lipinski definition) is 1. The molecule has 0 aliphatic heterocycles. The van der Waals surface area contributed by atoms with E-state index >= 15 is 0 Å². The van der Waals surface area contributed by atoms with E-state index in [1.165, 1.54) is 5.56 Å². The number of benzene rings is 1. The molecule has 3 nitrogen and oxygen atoms in total. The molecular weight excluding hydrogens is 212 g/mol. The molecule has 0 heterocycles. The number of anilines is 1. The first-order valence-corrected chi connectivity index (χ1v) is 6.13. The van der Waals surface area contributed by atoms with E-state index < -0.39 is 0 Å². The Kier molecular flexibility index (Phi) is 4.55. The smallest absolute Gasteiger partial charge is 0.321 e. The predicted molar refractivity (Wildman–Crippen MR) is 72.6 cm³/mol. The molecule has 0 aliphatic carbocycles. The van der Waals surface area contributed by atoms with E-state index in [-0.39, 0.29) is 6.03 Å². The highest BCUT2D eigenvalue weighted by Gasteiger charge is 2.12. The summed E-state index contributed by atoms with van der Waals surface area (Å²) in [7, 11) is 0. The summed E-state index contributed by atoms with van der Waals surface area (Å²) in [4.78, 5) is 13.8. The molecule has 1 rings (SSSR count). The summed E-state index contributed by atoms with van der Waals surface area (Å²) < 4.78 is 0. The van der Waals surface area contributed by atoms with Crippen molar-refractivity contribution in [3.05, 3.63) is 28.8 Å². The first-order valence-electron chi connectivity index (χ1n) is 6.13. The van der Waals surface area contributed by atoms with Crippen LogP contribution in [0.5, 0.6) is 0 Å². The maximum absolute atomic E-state index is 12.0. The highest BCUT2D eigenvalue weighted by Crippen LogP contribution is 2.22. The predicted octanol–water partition coefficient (Wildman–Crippen LogP) is 3.49. The fraction of sp³-hybridized carbons (Fsp3) is 0.500. The second kappa shape index (κ2) is 5.71. The standard InChI is InChI=1S/C14H22N2O/c1-6-16(7-2)14(17)15-13-11(4)8-10(3)9-12(13)5/h8-9H,6-7H2,1-5H3,(H,15,17). The molecule has 2 amide bonds. The molecule has 1 aromatic carbocycles. The lowest BCUT2D eigenvalue weighted by Gasteiger charge is -2.21. The van der Waals surface area contributed by atoms with Crippen LogP contribution >= 0.6 is 0 Å². The minimum absolute atomic E-state index is 0.0231. The van der Waals surface area contributed by atoms with Gasteiger partial charge in [-0.25, -0.2) is 4.79 Å². The van der Waals surface area contributed by atoms with Crippen LogP contribution in [-0.2, 0) is 0 Å². The van der Waals surface area contributed by atoms with Crippen LogP contribution < -0.4 is 5.32 Å². The number of carbonyl (C=O) groups excluding carboxylic acids is 1. The molecule has 0 saturated carbocycles. The first kappa shape index (κ1) is 13.6. The summed E-state index contributed by atoms with van der Waals surface area (Å²) in [5.41, 5.74) is 4.39. The highest BCUT2D eigenvalue weighted by molar-refractivity contribution is 5.91. The van der Waals surface area contributed by atoms with Crippen LogP contribution in [0.15, 0.2) is 12.1 Å². The summed E-state index contributed by atoms with van der Waals surface area (Å²) >= 11 is 0. The third-order valence-electron chi connectivity index (χ3n) is 2.96. The van der Waals surface area contributed by atoms with Crippen LogP contribution in [0.25, 0.3) is 0 Å². The highest BCUT2D eigenvalue weighted by atomic mass is 16.2. The number of hydrogen-bond acceptors (Lipinski definition) is 1. The summed E-state index contributed by atoms with van der Waals surface area (Å²) in [6, 6.07) is 4.15. The molecule has 0 atom stereocenters. The Morgan fingerprint density at radius 1 is 1.12 bits per heavy atom. The molecule has 0 radical (unpaired) electrons.